The number of anilines is 9. The third-order valence-electron chi connectivity index (χ3n) is 13.2. The van der Waals surface area contributed by atoms with Gasteiger partial charge in [0.1, 0.15) is 0 Å². The first-order valence-corrected chi connectivity index (χ1v) is 23.8. The van der Waals surface area contributed by atoms with E-state index in [1.165, 1.54) is 49.0 Å². The number of fused-ring (bicyclic) bond motifs is 3. The normalized spacial score (nSPS) is 11.1. The molecule has 0 saturated carbocycles. The van der Waals surface area contributed by atoms with E-state index in [0.717, 1.165) is 67.9 Å². The van der Waals surface area contributed by atoms with Gasteiger partial charge in [-0.1, -0.05) is 164 Å². The molecule has 0 heterocycles. The maximum absolute atomic E-state index is 3.74. The standard InChI is InChI=1S/C66H48N4/c1-4-16-49-43-52(28-25-46(49)13-1)61-19-7-10-22-64(61)67-55-31-37-58(38-32-55)70(59-39-33-56(34-40-59)68-65-23-11-8-20-62(65)53-29-26-47-14-2-5-17-50(47)44-53)60-41-35-57(36-42-60)69-66-24-12-9-21-63(66)54-30-27-48-15-3-6-18-51(48)45-54/h1-45,67-69H. The van der Waals surface area contributed by atoms with E-state index in [1.807, 2.05) is 0 Å². The highest BCUT2D eigenvalue weighted by Gasteiger charge is 2.16. The summed E-state index contributed by atoms with van der Waals surface area (Å²) in [4.78, 5) is 2.31. The van der Waals surface area contributed by atoms with Gasteiger partial charge in [-0.3, -0.25) is 0 Å². The van der Waals surface area contributed by atoms with Crippen LogP contribution < -0.4 is 20.9 Å². The summed E-state index contributed by atoms with van der Waals surface area (Å²) in [5.41, 5.74) is 16.3. The molecule has 4 nitrogen and oxygen atoms in total. The Hall–Kier alpha value is -9.38. The van der Waals surface area contributed by atoms with E-state index < -0.39 is 0 Å². The molecule has 332 valence electrons. The van der Waals surface area contributed by atoms with E-state index in [1.54, 1.807) is 0 Å². The molecule has 0 aliphatic carbocycles. The molecule has 0 fully saturated rings. The fraction of sp³-hybridized carbons (Fsp3) is 0. The van der Waals surface area contributed by atoms with Gasteiger partial charge in [0.25, 0.3) is 0 Å². The minimum absolute atomic E-state index is 1.01. The van der Waals surface area contributed by atoms with Crippen LogP contribution in [0.3, 0.4) is 0 Å². The summed E-state index contributed by atoms with van der Waals surface area (Å²) in [6.07, 6.45) is 0. The summed E-state index contributed by atoms with van der Waals surface area (Å²) in [6, 6.07) is 97.3. The molecular weight excluding hydrogens is 849 g/mol. The van der Waals surface area contributed by atoms with Crippen molar-refractivity contribution in [3.8, 4) is 33.4 Å². The Balaban J connectivity index is 0.850. The molecule has 0 amide bonds. The maximum Gasteiger partial charge on any atom is 0.0463 e. The van der Waals surface area contributed by atoms with E-state index in [9.17, 15) is 0 Å². The lowest BCUT2D eigenvalue weighted by atomic mass is 9.99. The number of nitrogens with one attached hydrogen (secondary N) is 3. The maximum atomic E-state index is 3.74. The zero-order chi connectivity index (χ0) is 46.6. The number of nitrogens with zero attached hydrogens (tertiary/aromatic N) is 1. The first-order chi connectivity index (χ1) is 34.6. The van der Waals surface area contributed by atoms with E-state index in [2.05, 4.69) is 294 Å². The Kier molecular flexibility index (Phi) is 11.2. The van der Waals surface area contributed by atoms with Crippen molar-refractivity contribution in [1.29, 1.82) is 0 Å². The van der Waals surface area contributed by atoms with Gasteiger partial charge < -0.3 is 20.9 Å². The number of benzene rings is 12. The largest absolute Gasteiger partial charge is 0.355 e. The molecule has 12 rings (SSSR count). The Morgan fingerprint density at radius 2 is 0.471 bits per heavy atom. The third kappa shape index (κ3) is 8.69. The van der Waals surface area contributed by atoms with Crippen LogP contribution >= 0.6 is 0 Å². The Morgan fingerprint density at radius 3 is 0.771 bits per heavy atom. The molecule has 12 aromatic rings. The van der Waals surface area contributed by atoms with Gasteiger partial charge in [-0.05, 0) is 158 Å². The van der Waals surface area contributed by atoms with Crippen LogP contribution in [0.25, 0.3) is 65.7 Å². The second-order valence-electron chi connectivity index (χ2n) is 17.7. The van der Waals surface area contributed by atoms with Crippen LogP contribution in [0, 0.1) is 0 Å². The van der Waals surface area contributed by atoms with Crippen LogP contribution in [0.4, 0.5) is 51.2 Å². The number of para-hydroxylation sites is 3. The van der Waals surface area contributed by atoms with E-state index >= 15 is 0 Å². The van der Waals surface area contributed by atoms with Crippen molar-refractivity contribution in [2.45, 2.75) is 0 Å². The quantitative estimate of drug-likeness (QED) is 0.114. The summed E-state index contributed by atoms with van der Waals surface area (Å²) >= 11 is 0. The van der Waals surface area contributed by atoms with E-state index in [4.69, 9.17) is 0 Å². The van der Waals surface area contributed by atoms with Gasteiger partial charge >= 0.3 is 0 Å². The smallest absolute Gasteiger partial charge is 0.0463 e. The molecule has 0 bridgehead atoms. The summed E-state index contributed by atoms with van der Waals surface area (Å²) < 4.78 is 0. The van der Waals surface area contributed by atoms with Crippen molar-refractivity contribution >= 4 is 83.5 Å². The van der Waals surface area contributed by atoms with Gasteiger partial charge in [-0.2, -0.15) is 0 Å². The molecule has 0 aliphatic heterocycles. The SMILES string of the molecule is c1ccc(-c2ccc3ccccc3c2)c(Nc2ccc(N(c3ccc(Nc4ccccc4-c4ccc5ccccc5c4)cc3)c3ccc(Nc4ccccc4-c4ccc5ccccc5c4)cc3)cc2)c1. The highest BCUT2D eigenvalue weighted by atomic mass is 15.1. The second kappa shape index (κ2) is 18.7. The first kappa shape index (κ1) is 42.0. The van der Waals surface area contributed by atoms with E-state index in [-0.39, 0.29) is 0 Å². The predicted molar refractivity (Wildman–Crippen MR) is 299 cm³/mol. The Morgan fingerprint density at radius 1 is 0.214 bits per heavy atom. The lowest BCUT2D eigenvalue weighted by Crippen LogP contribution is -2.10. The van der Waals surface area contributed by atoms with Crippen molar-refractivity contribution in [2.24, 2.45) is 0 Å². The molecule has 70 heavy (non-hydrogen) atoms. The number of hydrogen-bond donors (Lipinski definition) is 3. The number of rotatable bonds is 12. The molecule has 0 radical (unpaired) electrons. The molecule has 0 aromatic heterocycles. The Bertz CT molecular complexity index is 3400. The van der Waals surface area contributed by atoms with Gasteiger partial charge in [0.2, 0.25) is 0 Å². The van der Waals surface area contributed by atoms with Gasteiger partial charge in [0.05, 0.1) is 0 Å². The van der Waals surface area contributed by atoms with Gasteiger partial charge in [-0.25, -0.2) is 0 Å². The zero-order valence-corrected chi connectivity index (χ0v) is 38.4. The topological polar surface area (TPSA) is 39.3 Å². The zero-order valence-electron chi connectivity index (χ0n) is 38.4. The molecule has 0 atom stereocenters. The Labute approximate surface area is 408 Å². The van der Waals surface area contributed by atoms with Crippen LogP contribution in [0.2, 0.25) is 0 Å². The highest BCUT2D eigenvalue weighted by molar-refractivity contribution is 5.94. The summed E-state index contributed by atoms with van der Waals surface area (Å²) in [5, 5.41) is 18.6. The number of hydrogen-bond acceptors (Lipinski definition) is 4. The summed E-state index contributed by atoms with van der Waals surface area (Å²) in [7, 11) is 0. The van der Waals surface area contributed by atoms with Gasteiger partial charge in [0.15, 0.2) is 0 Å². The summed E-state index contributed by atoms with van der Waals surface area (Å²) in [6.45, 7) is 0. The molecule has 3 N–H and O–H groups in total. The van der Waals surface area contributed by atoms with E-state index in [0.29, 0.717) is 0 Å². The molecule has 0 saturated heterocycles. The minimum Gasteiger partial charge on any atom is -0.355 e. The molecule has 0 aliphatic rings. The monoisotopic (exact) mass is 896 g/mol. The van der Waals surface area contributed by atoms with Crippen molar-refractivity contribution in [3.05, 3.63) is 273 Å². The lowest BCUT2D eigenvalue weighted by molar-refractivity contribution is 1.28. The van der Waals surface area contributed by atoms with Crippen LogP contribution in [0.15, 0.2) is 273 Å². The average molecular weight is 897 g/mol. The summed E-state index contributed by atoms with van der Waals surface area (Å²) in [5.74, 6) is 0. The highest BCUT2D eigenvalue weighted by Crippen LogP contribution is 2.40. The molecule has 12 aromatic carbocycles. The van der Waals surface area contributed by atoms with Crippen molar-refractivity contribution in [2.75, 3.05) is 20.9 Å². The van der Waals surface area contributed by atoms with Crippen LogP contribution in [-0.4, -0.2) is 0 Å². The second-order valence-corrected chi connectivity index (χ2v) is 17.7. The minimum atomic E-state index is 1.01. The van der Waals surface area contributed by atoms with Crippen molar-refractivity contribution in [1.82, 2.24) is 0 Å². The molecule has 0 unspecified atom stereocenters. The fourth-order valence-corrected chi connectivity index (χ4v) is 9.60. The van der Waals surface area contributed by atoms with Crippen molar-refractivity contribution in [3.63, 3.8) is 0 Å². The van der Waals surface area contributed by atoms with Gasteiger partial charge in [0, 0.05) is 67.9 Å². The predicted octanol–water partition coefficient (Wildman–Crippen LogP) is 18.8. The third-order valence-corrected chi connectivity index (χ3v) is 13.2. The van der Waals surface area contributed by atoms with Gasteiger partial charge in [-0.15, -0.1) is 0 Å². The fourth-order valence-electron chi connectivity index (χ4n) is 9.60. The van der Waals surface area contributed by atoms with Crippen LogP contribution in [-0.2, 0) is 0 Å². The lowest BCUT2D eigenvalue weighted by Gasteiger charge is -2.26. The molecule has 4 heteroatoms. The molecule has 0 spiro atoms. The van der Waals surface area contributed by atoms with Crippen LogP contribution in [0.1, 0.15) is 0 Å². The first-order valence-electron chi connectivity index (χ1n) is 23.8. The van der Waals surface area contributed by atoms with Crippen LogP contribution in [0.5, 0.6) is 0 Å². The molecular formula is C66H48N4. The average Bonchev–Trinajstić information content (AvgIpc) is 3.42. The van der Waals surface area contributed by atoms with Crippen molar-refractivity contribution < 1.29 is 0 Å².